The molecule has 0 aromatic heterocycles. The summed E-state index contributed by atoms with van der Waals surface area (Å²) in [5, 5.41) is 0. The van der Waals surface area contributed by atoms with Crippen molar-refractivity contribution in [3.63, 3.8) is 0 Å². The van der Waals surface area contributed by atoms with Crippen LogP contribution in [0, 0.1) is 0 Å². The molecule has 0 radical (unpaired) electrons. The first-order valence-corrected chi connectivity index (χ1v) is 5.44. The Morgan fingerprint density at radius 3 is 3.07 bits per heavy atom. The molecule has 0 saturated heterocycles. The van der Waals surface area contributed by atoms with E-state index in [4.69, 9.17) is 0 Å². The number of allylic oxidation sites excluding steroid dienone is 5. The van der Waals surface area contributed by atoms with Crippen molar-refractivity contribution in [2.75, 3.05) is 6.54 Å². The van der Waals surface area contributed by atoms with Crippen LogP contribution in [0.25, 0.3) is 0 Å². The van der Waals surface area contributed by atoms with Gasteiger partial charge >= 0.3 is 0 Å². The highest BCUT2D eigenvalue weighted by atomic mass is 14.8. The van der Waals surface area contributed by atoms with E-state index in [9.17, 15) is 0 Å². The number of rotatable bonds is 0. The molecule has 0 aromatic rings. The van der Waals surface area contributed by atoms with Gasteiger partial charge in [-0.3, -0.25) is 4.99 Å². The van der Waals surface area contributed by atoms with Gasteiger partial charge in [0.2, 0.25) is 0 Å². The average Bonchev–Trinajstić information content (AvgIpc) is 2.55. The fourth-order valence-electron chi connectivity index (χ4n) is 1.96. The summed E-state index contributed by atoms with van der Waals surface area (Å²) in [6.07, 6.45) is 13.7. The molecule has 0 fully saturated rings. The molecule has 14 heavy (non-hydrogen) atoms. The standard InChI is InChI=1S/C13H17N/c1-11-10-14-13-9-7-5-3-2-4-6-8-12(11)13/h2,4,6,8H,3,5,7,9-10H2,1H3/b4-2+,8-6-. The van der Waals surface area contributed by atoms with Crippen LogP contribution in [0.5, 0.6) is 0 Å². The number of hydrogen-bond acceptors (Lipinski definition) is 1. The van der Waals surface area contributed by atoms with Crippen molar-refractivity contribution in [2.45, 2.75) is 32.6 Å². The number of hydrogen-bond donors (Lipinski definition) is 0. The molecule has 0 aromatic carbocycles. The van der Waals surface area contributed by atoms with E-state index in [1.54, 1.807) is 0 Å². The van der Waals surface area contributed by atoms with Gasteiger partial charge in [0.1, 0.15) is 0 Å². The van der Waals surface area contributed by atoms with Gasteiger partial charge in [0.05, 0.1) is 6.54 Å². The molecule has 1 heterocycles. The van der Waals surface area contributed by atoms with Gasteiger partial charge in [-0.2, -0.15) is 0 Å². The SMILES string of the molecule is CC1=C2/C=C\C=C\CCCCC2=NC1. The summed E-state index contributed by atoms with van der Waals surface area (Å²) in [5.74, 6) is 0. The topological polar surface area (TPSA) is 12.4 Å². The third-order valence-corrected chi connectivity index (χ3v) is 2.82. The van der Waals surface area contributed by atoms with E-state index in [1.165, 1.54) is 36.1 Å². The summed E-state index contributed by atoms with van der Waals surface area (Å²) in [5.41, 5.74) is 4.14. The minimum absolute atomic E-state index is 0.915. The van der Waals surface area contributed by atoms with Gasteiger partial charge in [0, 0.05) is 5.71 Å². The van der Waals surface area contributed by atoms with E-state index in [1.807, 2.05) is 0 Å². The van der Waals surface area contributed by atoms with E-state index in [2.05, 4.69) is 36.2 Å². The van der Waals surface area contributed by atoms with Crippen molar-refractivity contribution in [1.82, 2.24) is 0 Å². The molecule has 1 aliphatic carbocycles. The van der Waals surface area contributed by atoms with Crippen LogP contribution in [0.3, 0.4) is 0 Å². The Labute approximate surface area is 85.9 Å². The first-order valence-electron chi connectivity index (χ1n) is 5.44. The molecular weight excluding hydrogens is 170 g/mol. The minimum Gasteiger partial charge on any atom is -0.285 e. The molecule has 0 atom stereocenters. The van der Waals surface area contributed by atoms with Crippen LogP contribution in [0.1, 0.15) is 32.6 Å². The van der Waals surface area contributed by atoms with Crippen LogP contribution < -0.4 is 0 Å². The molecule has 74 valence electrons. The Hall–Kier alpha value is -1.11. The fourth-order valence-corrected chi connectivity index (χ4v) is 1.96. The molecular formula is C13H17N. The number of nitrogens with zero attached hydrogens (tertiary/aromatic N) is 1. The van der Waals surface area contributed by atoms with Crippen LogP contribution in [0.2, 0.25) is 0 Å². The van der Waals surface area contributed by atoms with Gasteiger partial charge in [-0.1, -0.05) is 24.3 Å². The zero-order valence-electron chi connectivity index (χ0n) is 8.79. The van der Waals surface area contributed by atoms with Gasteiger partial charge in [0.25, 0.3) is 0 Å². The number of fused-ring (bicyclic) bond motifs is 1. The molecule has 0 bridgehead atoms. The lowest BCUT2D eigenvalue weighted by Crippen LogP contribution is -1.98. The monoisotopic (exact) mass is 187 g/mol. The Balaban J connectivity index is 2.23. The molecule has 1 nitrogen and oxygen atoms in total. The second-order valence-electron chi connectivity index (χ2n) is 3.99. The zero-order valence-corrected chi connectivity index (χ0v) is 8.79. The van der Waals surface area contributed by atoms with Gasteiger partial charge in [0.15, 0.2) is 0 Å². The average molecular weight is 187 g/mol. The molecule has 0 N–H and O–H groups in total. The molecule has 2 aliphatic rings. The second kappa shape index (κ2) is 4.41. The Morgan fingerprint density at radius 1 is 1.21 bits per heavy atom. The van der Waals surface area contributed by atoms with Gasteiger partial charge in [-0.15, -0.1) is 0 Å². The summed E-state index contributed by atoms with van der Waals surface area (Å²) in [4.78, 5) is 4.58. The van der Waals surface area contributed by atoms with Crippen molar-refractivity contribution >= 4 is 5.71 Å². The summed E-state index contributed by atoms with van der Waals surface area (Å²) >= 11 is 0. The lowest BCUT2D eigenvalue weighted by atomic mass is 10.0. The Bertz CT molecular complexity index is 329. The highest BCUT2D eigenvalue weighted by Gasteiger charge is 2.13. The minimum atomic E-state index is 0.915. The van der Waals surface area contributed by atoms with Crippen molar-refractivity contribution in [3.8, 4) is 0 Å². The van der Waals surface area contributed by atoms with Crippen LogP contribution >= 0.6 is 0 Å². The molecule has 2 rings (SSSR count). The lowest BCUT2D eigenvalue weighted by Gasteiger charge is -2.04. The first kappa shape index (κ1) is 9.45. The van der Waals surface area contributed by atoms with E-state index in [0.29, 0.717) is 0 Å². The number of aliphatic imine (C=N–C) groups is 1. The highest BCUT2D eigenvalue weighted by Crippen LogP contribution is 2.20. The summed E-state index contributed by atoms with van der Waals surface area (Å²) in [6.45, 7) is 3.10. The van der Waals surface area contributed by atoms with E-state index >= 15 is 0 Å². The first-order chi connectivity index (χ1) is 6.88. The van der Waals surface area contributed by atoms with E-state index in [0.717, 1.165) is 13.0 Å². The van der Waals surface area contributed by atoms with E-state index in [-0.39, 0.29) is 0 Å². The highest BCUT2D eigenvalue weighted by molar-refractivity contribution is 6.05. The van der Waals surface area contributed by atoms with Gasteiger partial charge in [-0.25, -0.2) is 0 Å². The molecule has 0 amide bonds. The fraction of sp³-hybridized carbons (Fsp3) is 0.462. The summed E-state index contributed by atoms with van der Waals surface area (Å²) < 4.78 is 0. The van der Waals surface area contributed by atoms with Gasteiger partial charge in [-0.05, 0) is 43.8 Å². The molecule has 0 unspecified atom stereocenters. The second-order valence-corrected chi connectivity index (χ2v) is 3.99. The predicted octanol–water partition coefficient (Wildman–Crippen LogP) is 3.44. The molecule has 0 saturated carbocycles. The molecule has 1 aliphatic heterocycles. The van der Waals surface area contributed by atoms with Crippen LogP contribution in [0.15, 0.2) is 40.4 Å². The largest absolute Gasteiger partial charge is 0.285 e. The van der Waals surface area contributed by atoms with Crippen LogP contribution in [0.4, 0.5) is 0 Å². The Kier molecular flexibility index (Phi) is 2.97. The molecule has 1 heteroatoms. The zero-order chi connectivity index (χ0) is 9.80. The lowest BCUT2D eigenvalue weighted by molar-refractivity contribution is 0.777. The molecule has 0 spiro atoms. The van der Waals surface area contributed by atoms with E-state index < -0.39 is 0 Å². The van der Waals surface area contributed by atoms with Gasteiger partial charge < -0.3 is 0 Å². The third kappa shape index (κ3) is 2.03. The summed E-state index contributed by atoms with van der Waals surface area (Å²) in [7, 11) is 0. The van der Waals surface area contributed by atoms with Crippen LogP contribution in [-0.2, 0) is 0 Å². The predicted molar refractivity (Wildman–Crippen MR) is 61.8 cm³/mol. The maximum absolute atomic E-state index is 4.58. The maximum atomic E-state index is 4.58. The Morgan fingerprint density at radius 2 is 2.14 bits per heavy atom. The van der Waals surface area contributed by atoms with Crippen molar-refractivity contribution in [1.29, 1.82) is 0 Å². The summed E-state index contributed by atoms with van der Waals surface area (Å²) in [6, 6.07) is 0. The third-order valence-electron chi connectivity index (χ3n) is 2.82. The van der Waals surface area contributed by atoms with Crippen molar-refractivity contribution in [2.24, 2.45) is 4.99 Å². The van der Waals surface area contributed by atoms with Crippen molar-refractivity contribution < 1.29 is 0 Å². The quantitative estimate of drug-likeness (QED) is 0.551. The normalized spacial score (nSPS) is 26.8. The maximum Gasteiger partial charge on any atom is 0.0609 e. The van der Waals surface area contributed by atoms with Crippen LogP contribution in [-0.4, -0.2) is 12.3 Å². The smallest absolute Gasteiger partial charge is 0.0609 e. The van der Waals surface area contributed by atoms with Crippen molar-refractivity contribution in [3.05, 3.63) is 35.5 Å².